The molecule has 0 bridgehead atoms. The van der Waals surface area contributed by atoms with Crippen LogP contribution in [0.3, 0.4) is 0 Å². The van der Waals surface area contributed by atoms with E-state index in [9.17, 15) is 13.5 Å². The first-order chi connectivity index (χ1) is 8.70. The summed E-state index contributed by atoms with van der Waals surface area (Å²) in [5, 5.41) is 12.9. The second kappa shape index (κ2) is 4.77. The highest BCUT2D eigenvalue weighted by molar-refractivity contribution is 7.89. The Labute approximate surface area is 114 Å². The van der Waals surface area contributed by atoms with Gasteiger partial charge in [-0.1, -0.05) is 6.07 Å². The number of anilines is 1. The normalized spacial score (nSPS) is 15.4. The Balaban J connectivity index is 2.29. The number of benzene rings is 1. The molecule has 2 N–H and O–H groups in total. The second-order valence-corrected chi connectivity index (χ2v) is 7.61. The van der Waals surface area contributed by atoms with Crippen molar-refractivity contribution in [3.05, 3.63) is 23.8 Å². The third-order valence-corrected chi connectivity index (χ3v) is 4.91. The SMILES string of the molecule is CN(CC(C)(C)O)S(=O)(=O)c1ccc2c(c1)NCC2. The standard InChI is InChI=1S/C13H20N2O3S/c1-13(2,16)9-15(3)19(17,18)11-5-4-10-6-7-14-12(10)8-11/h4-5,8,14,16H,6-7,9H2,1-3H3. The fourth-order valence-electron chi connectivity index (χ4n) is 2.24. The zero-order chi connectivity index (χ0) is 14.3. The molecule has 6 heteroatoms. The number of nitrogens with one attached hydrogen (secondary N) is 1. The highest BCUT2D eigenvalue weighted by atomic mass is 32.2. The van der Waals surface area contributed by atoms with Gasteiger partial charge in [0.15, 0.2) is 0 Å². The quantitative estimate of drug-likeness (QED) is 0.867. The van der Waals surface area contributed by atoms with Gasteiger partial charge in [0.1, 0.15) is 0 Å². The maximum atomic E-state index is 12.4. The van der Waals surface area contributed by atoms with Crippen molar-refractivity contribution in [3.8, 4) is 0 Å². The molecule has 0 aromatic heterocycles. The van der Waals surface area contributed by atoms with E-state index in [1.165, 1.54) is 11.4 Å². The number of hydrogen-bond donors (Lipinski definition) is 2. The van der Waals surface area contributed by atoms with Crippen molar-refractivity contribution >= 4 is 15.7 Å². The molecular formula is C13H20N2O3S. The molecule has 5 nitrogen and oxygen atoms in total. The lowest BCUT2D eigenvalue weighted by atomic mass is 10.1. The molecule has 0 aliphatic carbocycles. The van der Waals surface area contributed by atoms with Gasteiger partial charge in [-0.2, -0.15) is 4.31 Å². The van der Waals surface area contributed by atoms with Gasteiger partial charge < -0.3 is 10.4 Å². The van der Waals surface area contributed by atoms with Crippen LogP contribution >= 0.6 is 0 Å². The Hall–Kier alpha value is -1.11. The number of aliphatic hydroxyl groups is 1. The van der Waals surface area contributed by atoms with Gasteiger partial charge in [0.25, 0.3) is 0 Å². The third-order valence-electron chi connectivity index (χ3n) is 3.11. The van der Waals surface area contributed by atoms with Gasteiger partial charge in [-0.3, -0.25) is 0 Å². The van der Waals surface area contributed by atoms with Gasteiger partial charge in [-0.15, -0.1) is 0 Å². The molecule has 0 saturated heterocycles. The zero-order valence-electron chi connectivity index (χ0n) is 11.5. The maximum absolute atomic E-state index is 12.4. The lowest BCUT2D eigenvalue weighted by Crippen LogP contribution is -2.39. The predicted molar refractivity (Wildman–Crippen MR) is 74.7 cm³/mol. The van der Waals surface area contributed by atoms with Crippen molar-refractivity contribution in [1.82, 2.24) is 4.31 Å². The fraction of sp³-hybridized carbons (Fsp3) is 0.538. The highest BCUT2D eigenvalue weighted by Crippen LogP contribution is 2.27. The van der Waals surface area contributed by atoms with Crippen LogP contribution < -0.4 is 5.32 Å². The van der Waals surface area contributed by atoms with Crippen LogP contribution in [0.2, 0.25) is 0 Å². The van der Waals surface area contributed by atoms with Crippen molar-refractivity contribution < 1.29 is 13.5 Å². The Bertz CT molecular complexity index is 576. The van der Waals surface area contributed by atoms with E-state index in [4.69, 9.17) is 0 Å². The van der Waals surface area contributed by atoms with Gasteiger partial charge in [-0.05, 0) is 38.0 Å². The number of nitrogens with zero attached hydrogens (tertiary/aromatic N) is 1. The van der Waals surface area contributed by atoms with Crippen molar-refractivity contribution in [2.45, 2.75) is 30.8 Å². The van der Waals surface area contributed by atoms with E-state index in [1.54, 1.807) is 26.0 Å². The largest absolute Gasteiger partial charge is 0.389 e. The summed E-state index contributed by atoms with van der Waals surface area (Å²) in [6.45, 7) is 4.07. The average Bonchev–Trinajstić information content (AvgIpc) is 2.73. The number of fused-ring (bicyclic) bond motifs is 1. The van der Waals surface area contributed by atoms with E-state index in [1.807, 2.05) is 6.07 Å². The molecule has 0 unspecified atom stereocenters. The summed E-state index contributed by atoms with van der Waals surface area (Å²) in [5.74, 6) is 0. The molecule has 0 radical (unpaired) electrons. The molecule has 1 aromatic carbocycles. The van der Waals surface area contributed by atoms with E-state index in [0.29, 0.717) is 0 Å². The van der Waals surface area contributed by atoms with Gasteiger partial charge >= 0.3 is 0 Å². The Morgan fingerprint density at radius 1 is 1.42 bits per heavy atom. The molecule has 0 atom stereocenters. The number of hydrogen-bond acceptors (Lipinski definition) is 4. The summed E-state index contributed by atoms with van der Waals surface area (Å²) in [5.41, 5.74) is 0.971. The molecule has 106 valence electrons. The topological polar surface area (TPSA) is 69.6 Å². The van der Waals surface area contributed by atoms with Crippen LogP contribution in [0.25, 0.3) is 0 Å². The molecule has 0 saturated carbocycles. The molecule has 2 rings (SSSR count). The maximum Gasteiger partial charge on any atom is 0.242 e. The zero-order valence-corrected chi connectivity index (χ0v) is 12.3. The number of sulfonamides is 1. The molecule has 0 fully saturated rings. The van der Waals surface area contributed by atoms with Crippen molar-refractivity contribution in [3.63, 3.8) is 0 Å². The monoisotopic (exact) mass is 284 g/mol. The molecule has 19 heavy (non-hydrogen) atoms. The van der Waals surface area contributed by atoms with E-state index >= 15 is 0 Å². The van der Waals surface area contributed by atoms with E-state index < -0.39 is 15.6 Å². The van der Waals surface area contributed by atoms with Crippen molar-refractivity contribution in [2.75, 3.05) is 25.5 Å². The molecule has 1 heterocycles. The van der Waals surface area contributed by atoms with Crippen LogP contribution in [0.1, 0.15) is 19.4 Å². The molecule has 0 spiro atoms. The van der Waals surface area contributed by atoms with Gasteiger partial charge in [0.05, 0.1) is 10.5 Å². The second-order valence-electron chi connectivity index (χ2n) is 5.57. The Morgan fingerprint density at radius 3 is 2.74 bits per heavy atom. The molecule has 0 amide bonds. The minimum absolute atomic E-state index is 0.0554. The molecule has 1 aliphatic rings. The van der Waals surface area contributed by atoms with Crippen molar-refractivity contribution in [1.29, 1.82) is 0 Å². The van der Waals surface area contributed by atoms with E-state index in [0.717, 1.165) is 24.2 Å². The van der Waals surface area contributed by atoms with Crippen LogP contribution in [0.4, 0.5) is 5.69 Å². The highest BCUT2D eigenvalue weighted by Gasteiger charge is 2.27. The first-order valence-electron chi connectivity index (χ1n) is 6.26. The summed E-state index contributed by atoms with van der Waals surface area (Å²) in [6.07, 6.45) is 0.926. The first-order valence-corrected chi connectivity index (χ1v) is 7.70. The number of likely N-dealkylation sites (N-methyl/N-ethyl adjacent to an activating group) is 1. The summed E-state index contributed by atoms with van der Waals surface area (Å²) in [4.78, 5) is 0.257. The third kappa shape index (κ3) is 3.08. The first kappa shape index (κ1) is 14.3. The van der Waals surface area contributed by atoms with Crippen LogP contribution in [-0.2, 0) is 16.4 Å². The van der Waals surface area contributed by atoms with E-state index in [2.05, 4.69) is 5.32 Å². The smallest absolute Gasteiger partial charge is 0.242 e. The van der Waals surface area contributed by atoms with Crippen LogP contribution in [0.5, 0.6) is 0 Å². The summed E-state index contributed by atoms with van der Waals surface area (Å²) in [6, 6.07) is 5.14. The van der Waals surface area contributed by atoms with Crippen molar-refractivity contribution in [2.24, 2.45) is 0 Å². The summed E-state index contributed by atoms with van der Waals surface area (Å²) in [7, 11) is -2.08. The van der Waals surface area contributed by atoms with Crippen LogP contribution in [-0.4, -0.2) is 43.6 Å². The van der Waals surface area contributed by atoms with Crippen LogP contribution in [0, 0.1) is 0 Å². The molecule has 1 aliphatic heterocycles. The minimum Gasteiger partial charge on any atom is -0.389 e. The minimum atomic E-state index is -3.56. The van der Waals surface area contributed by atoms with E-state index in [-0.39, 0.29) is 11.4 Å². The van der Waals surface area contributed by atoms with Gasteiger partial charge in [0.2, 0.25) is 10.0 Å². The fourth-order valence-corrected chi connectivity index (χ4v) is 3.59. The Morgan fingerprint density at radius 2 is 2.11 bits per heavy atom. The average molecular weight is 284 g/mol. The number of rotatable bonds is 4. The molecule has 1 aromatic rings. The molecular weight excluding hydrogens is 264 g/mol. The predicted octanol–water partition coefficient (Wildman–Crippen LogP) is 1.05. The summed E-state index contributed by atoms with van der Waals surface area (Å²) < 4.78 is 26.0. The summed E-state index contributed by atoms with van der Waals surface area (Å²) >= 11 is 0. The lowest BCUT2D eigenvalue weighted by Gasteiger charge is -2.25. The van der Waals surface area contributed by atoms with Gasteiger partial charge in [0, 0.05) is 25.8 Å². The lowest BCUT2D eigenvalue weighted by molar-refractivity contribution is 0.0640. The Kier molecular flexibility index (Phi) is 3.59. The van der Waals surface area contributed by atoms with Gasteiger partial charge in [-0.25, -0.2) is 8.42 Å². The van der Waals surface area contributed by atoms with Crippen LogP contribution in [0.15, 0.2) is 23.1 Å².